The number of amides is 1. The van der Waals surface area contributed by atoms with Crippen LogP contribution in [0.15, 0.2) is 30.9 Å². The van der Waals surface area contributed by atoms with Crippen LogP contribution in [0.2, 0.25) is 0 Å². The number of hydrogen-bond acceptors (Lipinski definition) is 7. The zero-order valence-corrected chi connectivity index (χ0v) is 20.6. The van der Waals surface area contributed by atoms with Crippen LogP contribution in [0.4, 0.5) is 0 Å². The van der Waals surface area contributed by atoms with E-state index >= 15 is 0 Å². The van der Waals surface area contributed by atoms with Crippen molar-refractivity contribution in [2.24, 2.45) is 0 Å². The summed E-state index contributed by atoms with van der Waals surface area (Å²) >= 11 is 1.63. The van der Waals surface area contributed by atoms with E-state index in [1.54, 1.807) is 17.7 Å². The number of nitrogens with zero attached hydrogens (tertiary/aromatic N) is 5. The maximum atomic E-state index is 12.7. The van der Waals surface area contributed by atoms with Crippen LogP contribution in [0.25, 0.3) is 22.3 Å². The van der Waals surface area contributed by atoms with Gasteiger partial charge in [-0.2, -0.15) is 5.10 Å². The number of hydrogen-bond donors (Lipinski definition) is 1. The molecule has 4 aromatic heterocycles. The van der Waals surface area contributed by atoms with E-state index in [2.05, 4.69) is 37.5 Å². The summed E-state index contributed by atoms with van der Waals surface area (Å²) in [7, 11) is 0. The van der Waals surface area contributed by atoms with Gasteiger partial charge in [0.15, 0.2) is 11.9 Å². The molecule has 1 aliphatic heterocycles. The van der Waals surface area contributed by atoms with Gasteiger partial charge in [-0.05, 0) is 75.1 Å². The molecule has 1 saturated heterocycles. The molecule has 1 unspecified atom stereocenters. The minimum absolute atomic E-state index is 0.0236. The summed E-state index contributed by atoms with van der Waals surface area (Å²) in [6, 6.07) is 4.13. The average Bonchev–Trinajstić information content (AvgIpc) is 3.53. The zero-order chi connectivity index (χ0) is 23.8. The molecule has 6 rings (SSSR count). The van der Waals surface area contributed by atoms with Gasteiger partial charge in [0.2, 0.25) is 0 Å². The Morgan fingerprint density at radius 1 is 1.14 bits per heavy atom. The molecule has 2 aliphatic rings. The van der Waals surface area contributed by atoms with E-state index in [0.29, 0.717) is 6.54 Å². The van der Waals surface area contributed by atoms with Gasteiger partial charge < -0.3 is 10.1 Å². The maximum absolute atomic E-state index is 12.7. The van der Waals surface area contributed by atoms with E-state index in [0.717, 1.165) is 77.1 Å². The van der Waals surface area contributed by atoms with Crippen molar-refractivity contribution in [1.82, 2.24) is 30.0 Å². The predicted molar refractivity (Wildman–Crippen MR) is 134 cm³/mol. The highest BCUT2D eigenvalue weighted by atomic mass is 32.1. The zero-order valence-electron chi connectivity index (χ0n) is 19.8. The molecule has 1 N–H and O–H groups in total. The third-order valence-electron chi connectivity index (χ3n) is 6.92. The van der Waals surface area contributed by atoms with Crippen molar-refractivity contribution in [3.8, 4) is 11.3 Å². The second-order valence-corrected chi connectivity index (χ2v) is 10.4. The summed E-state index contributed by atoms with van der Waals surface area (Å²) in [4.78, 5) is 28.6. The topological polar surface area (TPSA) is 94.8 Å². The van der Waals surface area contributed by atoms with Crippen molar-refractivity contribution in [2.45, 2.75) is 64.6 Å². The molecular formula is C26H28N6O2S. The van der Waals surface area contributed by atoms with Crippen LogP contribution in [0.5, 0.6) is 0 Å². The molecule has 0 saturated carbocycles. The molecular weight excluding hydrogens is 460 g/mol. The summed E-state index contributed by atoms with van der Waals surface area (Å²) < 4.78 is 7.77. The van der Waals surface area contributed by atoms with E-state index in [-0.39, 0.29) is 12.1 Å². The van der Waals surface area contributed by atoms with Gasteiger partial charge in [-0.1, -0.05) is 0 Å². The van der Waals surface area contributed by atoms with Gasteiger partial charge in [0.1, 0.15) is 6.33 Å². The molecule has 0 spiro atoms. The molecule has 8 nitrogen and oxygen atoms in total. The van der Waals surface area contributed by atoms with E-state index < -0.39 is 0 Å². The Bertz CT molecular complexity index is 1360. The fraction of sp³-hybridized carbons (Fsp3) is 0.423. The highest BCUT2D eigenvalue weighted by Crippen LogP contribution is 2.31. The minimum atomic E-state index is -0.0799. The van der Waals surface area contributed by atoms with E-state index in [9.17, 15) is 4.79 Å². The van der Waals surface area contributed by atoms with Crippen LogP contribution in [0, 0.1) is 6.92 Å². The summed E-state index contributed by atoms with van der Waals surface area (Å²) in [5, 5.41) is 8.50. The molecule has 0 radical (unpaired) electrons. The van der Waals surface area contributed by atoms with Gasteiger partial charge in [0.05, 0.1) is 34.4 Å². The third-order valence-corrected chi connectivity index (χ3v) is 8.15. The molecule has 1 atom stereocenters. The number of fused-ring (bicyclic) bond motifs is 2. The van der Waals surface area contributed by atoms with E-state index in [1.807, 2.05) is 24.0 Å². The number of thiophene rings is 1. The van der Waals surface area contributed by atoms with Crippen LogP contribution in [-0.2, 0) is 24.1 Å². The predicted octanol–water partition coefficient (Wildman–Crippen LogP) is 4.77. The monoisotopic (exact) mass is 488 g/mol. The highest BCUT2D eigenvalue weighted by Gasteiger charge is 2.21. The van der Waals surface area contributed by atoms with Gasteiger partial charge in [-0.25, -0.2) is 14.6 Å². The minimum Gasteiger partial charge on any atom is -0.356 e. The summed E-state index contributed by atoms with van der Waals surface area (Å²) in [5.41, 5.74) is 5.67. The van der Waals surface area contributed by atoms with Crippen LogP contribution in [0.3, 0.4) is 0 Å². The van der Waals surface area contributed by atoms with Gasteiger partial charge >= 0.3 is 0 Å². The fourth-order valence-corrected chi connectivity index (χ4v) is 6.16. The number of rotatable bonds is 5. The molecule has 35 heavy (non-hydrogen) atoms. The molecule has 4 aromatic rings. The van der Waals surface area contributed by atoms with Crippen LogP contribution in [0.1, 0.15) is 69.7 Å². The lowest BCUT2D eigenvalue weighted by atomic mass is 9.99. The van der Waals surface area contributed by atoms with Gasteiger partial charge in [0.25, 0.3) is 5.91 Å². The van der Waals surface area contributed by atoms with Gasteiger partial charge in [-0.15, -0.1) is 11.3 Å². The second kappa shape index (κ2) is 9.47. The number of carbonyl (C=O) groups is 1. The molecule has 1 aliphatic carbocycles. The lowest BCUT2D eigenvalue weighted by Gasteiger charge is -2.22. The quantitative estimate of drug-likeness (QED) is 0.435. The number of pyridine rings is 1. The Morgan fingerprint density at radius 3 is 2.89 bits per heavy atom. The first-order valence-electron chi connectivity index (χ1n) is 12.3. The Kier molecular flexibility index (Phi) is 6.03. The van der Waals surface area contributed by atoms with Crippen molar-refractivity contribution in [1.29, 1.82) is 0 Å². The number of carbonyl (C=O) groups excluding carboxylic acids is 1. The summed E-state index contributed by atoms with van der Waals surface area (Å²) in [6.07, 6.45) is 12.9. The van der Waals surface area contributed by atoms with Crippen molar-refractivity contribution in [2.75, 3.05) is 6.61 Å². The molecule has 1 fully saturated rings. The standard InChI is InChI=1S/C26H28N6O2S/c1-16-10-18(24-19-13-31-32(25(19)30-15-29-24)23-8-4-5-9-34-23)12-27-20(16)14-28-26(33)22-11-17-6-2-3-7-21(17)35-22/h10-13,15,23H,2-9,14H2,1H3,(H,28,33). The van der Waals surface area contributed by atoms with Crippen LogP contribution in [-0.4, -0.2) is 37.2 Å². The summed E-state index contributed by atoms with van der Waals surface area (Å²) in [5.74, 6) is -0.0236. The number of aryl methyl sites for hydroxylation is 3. The Balaban J connectivity index is 1.20. The maximum Gasteiger partial charge on any atom is 0.261 e. The first-order valence-corrected chi connectivity index (χ1v) is 13.1. The van der Waals surface area contributed by atoms with Gasteiger partial charge in [-0.3, -0.25) is 9.78 Å². The van der Waals surface area contributed by atoms with Crippen molar-refractivity contribution >= 4 is 28.3 Å². The smallest absolute Gasteiger partial charge is 0.261 e. The average molecular weight is 489 g/mol. The normalized spacial score (nSPS) is 17.9. The number of ether oxygens (including phenoxy) is 1. The van der Waals surface area contributed by atoms with Gasteiger partial charge in [0, 0.05) is 23.2 Å². The molecule has 9 heteroatoms. The SMILES string of the molecule is Cc1cc(-c2ncnc3c2cnn3C2CCCCO2)cnc1CNC(=O)c1cc2c(s1)CCCC2. The fourth-order valence-electron chi connectivity index (χ4n) is 4.99. The first kappa shape index (κ1) is 22.3. The van der Waals surface area contributed by atoms with E-state index in [4.69, 9.17) is 4.74 Å². The number of nitrogens with one attached hydrogen (secondary N) is 1. The molecule has 0 aromatic carbocycles. The largest absolute Gasteiger partial charge is 0.356 e. The molecule has 1 amide bonds. The van der Waals surface area contributed by atoms with E-state index in [1.165, 1.54) is 23.3 Å². The second-order valence-electron chi connectivity index (χ2n) is 9.31. The lowest BCUT2D eigenvalue weighted by molar-refractivity contribution is -0.0370. The lowest BCUT2D eigenvalue weighted by Crippen LogP contribution is -2.23. The molecule has 0 bridgehead atoms. The van der Waals surface area contributed by atoms with Crippen molar-refractivity contribution in [3.63, 3.8) is 0 Å². The first-order chi connectivity index (χ1) is 17.2. The van der Waals surface area contributed by atoms with Crippen molar-refractivity contribution < 1.29 is 9.53 Å². The third kappa shape index (κ3) is 4.34. The molecule has 5 heterocycles. The van der Waals surface area contributed by atoms with Crippen LogP contribution >= 0.6 is 11.3 Å². The van der Waals surface area contributed by atoms with Crippen molar-refractivity contribution in [3.05, 3.63) is 57.4 Å². The summed E-state index contributed by atoms with van der Waals surface area (Å²) in [6.45, 7) is 3.16. The van der Waals surface area contributed by atoms with Crippen LogP contribution < -0.4 is 5.32 Å². The highest BCUT2D eigenvalue weighted by molar-refractivity contribution is 7.14. The molecule has 180 valence electrons. The Labute approximate surface area is 207 Å². The Morgan fingerprint density at radius 2 is 2.06 bits per heavy atom. The Hall–Kier alpha value is -3.17. The number of aromatic nitrogens is 5.